The highest BCUT2D eigenvalue weighted by atomic mass is 32.2. The van der Waals surface area contributed by atoms with Crippen LogP contribution in [-0.2, 0) is 16.1 Å². The standard InChI is InChI=1S/C21H19F2N5O2S2/c22-19(23)32-21-25-14-3-1-2-4-16(14)28(21)12-18(29)24-13-5-6-15-17(11-13)31-20(26-15)27-7-9-30-10-8-27/h1-6,11,19H,7-10,12H2,(H,24,29). The third-order valence-electron chi connectivity index (χ3n) is 5.06. The zero-order valence-corrected chi connectivity index (χ0v) is 18.5. The van der Waals surface area contributed by atoms with Crippen molar-refractivity contribution in [1.82, 2.24) is 14.5 Å². The molecule has 0 radical (unpaired) electrons. The number of carbonyl (C=O) groups is 1. The number of imidazole rings is 1. The van der Waals surface area contributed by atoms with Crippen molar-refractivity contribution in [3.8, 4) is 0 Å². The molecule has 0 spiro atoms. The summed E-state index contributed by atoms with van der Waals surface area (Å²) in [6.45, 7) is 2.87. The minimum Gasteiger partial charge on any atom is -0.378 e. The van der Waals surface area contributed by atoms with Gasteiger partial charge in [0.2, 0.25) is 5.91 Å². The lowest BCUT2D eigenvalue weighted by Gasteiger charge is -2.25. The van der Waals surface area contributed by atoms with Crippen LogP contribution in [0.15, 0.2) is 47.6 Å². The highest BCUT2D eigenvalue weighted by Gasteiger charge is 2.19. The Kier molecular flexibility index (Phi) is 5.94. The first-order valence-corrected chi connectivity index (χ1v) is 11.7. The van der Waals surface area contributed by atoms with Crippen LogP contribution in [-0.4, -0.2) is 52.5 Å². The summed E-state index contributed by atoms with van der Waals surface area (Å²) < 4.78 is 33.9. The number of morpholine rings is 1. The molecule has 0 atom stereocenters. The van der Waals surface area contributed by atoms with Crippen LogP contribution in [0.4, 0.5) is 19.6 Å². The number of nitrogens with one attached hydrogen (secondary N) is 1. The predicted octanol–water partition coefficient (Wildman–Crippen LogP) is 4.44. The molecule has 2 aromatic carbocycles. The highest BCUT2D eigenvalue weighted by Crippen LogP contribution is 2.32. The van der Waals surface area contributed by atoms with E-state index in [2.05, 4.69) is 20.2 Å². The Bertz CT molecular complexity index is 1270. The number of carbonyl (C=O) groups excluding carboxylic acids is 1. The third kappa shape index (κ3) is 4.41. The molecule has 32 heavy (non-hydrogen) atoms. The number of aromatic nitrogens is 3. The Hall–Kier alpha value is -2.76. The van der Waals surface area contributed by atoms with Crippen molar-refractivity contribution < 1.29 is 18.3 Å². The number of hydrogen-bond donors (Lipinski definition) is 1. The van der Waals surface area contributed by atoms with E-state index in [0.717, 1.165) is 28.4 Å². The van der Waals surface area contributed by atoms with Crippen molar-refractivity contribution in [3.05, 3.63) is 42.5 Å². The number of anilines is 2. The Morgan fingerprint density at radius 2 is 1.97 bits per heavy atom. The zero-order chi connectivity index (χ0) is 22.1. The molecule has 1 N–H and O–H groups in total. The van der Waals surface area contributed by atoms with Gasteiger partial charge in [-0.1, -0.05) is 23.5 Å². The van der Waals surface area contributed by atoms with Crippen molar-refractivity contribution in [2.24, 2.45) is 0 Å². The third-order valence-corrected chi connectivity index (χ3v) is 6.84. The monoisotopic (exact) mass is 475 g/mol. The summed E-state index contributed by atoms with van der Waals surface area (Å²) in [5.74, 6) is -2.94. The average molecular weight is 476 g/mol. The van der Waals surface area contributed by atoms with Crippen LogP contribution in [0.3, 0.4) is 0 Å². The van der Waals surface area contributed by atoms with E-state index >= 15 is 0 Å². The minimum absolute atomic E-state index is 0.115. The molecule has 4 aromatic rings. The molecule has 166 valence electrons. The fourth-order valence-electron chi connectivity index (χ4n) is 3.60. The Morgan fingerprint density at radius 1 is 1.16 bits per heavy atom. The van der Waals surface area contributed by atoms with E-state index < -0.39 is 5.76 Å². The van der Waals surface area contributed by atoms with E-state index in [1.54, 1.807) is 41.7 Å². The largest absolute Gasteiger partial charge is 0.378 e. The fourth-order valence-corrected chi connectivity index (χ4v) is 5.26. The number of thiazole rings is 1. The number of fused-ring (bicyclic) bond motifs is 2. The first-order valence-electron chi connectivity index (χ1n) is 10.00. The number of ether oxygens (including phenoxy) is 1. The van der Waals surface area contributed by atoms with Crippen molar-refractivity contribution in [1.29, 1.82) is 0 Å². The summed E-state index contributed by atoms with van der Waals surface area (Å²) >= 11 is 1.90. The fraction of sp³-hybridized carbons (Fsp3) is 0.286. The van der Waals surface area contributed by atoms with Gasteiger partial charge in [-0.15, -0.1) is 0 Å². The molecule has 1 aliphatic rings. The van der Waals surface area contributed by atoms with Crippen LogP contribution in [0.1, 0.15) is 0 Å². The summed E-state index contributed by atoms with van der Waals surface area (Å²) in [5.41, 5.74) is 2.71. The van der Waals surface area contributed by atoms with Crippen LogP contribution in [0.2, 0.25) is 0 Å². The number of alkyl halides is 2. The number of halogens is 2. The lowest BCUT2D eigenvalue weighted by atomic mass is 10.3. The summed E-state index contributed by atoms with van der Waals surface area (Å²) in [7, 11) is 0. The van der Waals surface area contributed by atoms with Crippen molar-refractivity contribution in [2.75, 3.05) is 36.5 Å². The SMILES string of the molecule is O=C(Cn1c(SC(F)F)nc2ccccc21)Nc1ccc2nc(N3CCOCC3)sc2c1. The van der Waals surface area contributed by atoms with E-state index in [0.29, 0.717) is 41.7 Å². The number of benzene rings is 2. The van der Waals surface area contributed by atoms with E-state index in [4.69, 9.17) is 4.74 Å². The number of nitrogens with zero attached hydrogens (tertiary/aromatic N) is 4. The van der Waals surface area contributed by atoms with Crippen LogP contribution in [0.25, 0.3) is 21.3 Å². The first kappa shape index (κ1) is 21.1. The maximum Gasteiger partial charge on any atom is 0.291 e. The molecule has 1 fully saturated rings. The van der Waals surface area contributed by atoms with Gasteiger partial charge in [-0.2, -0.15) is 8.78 Å². The molecule has 5 rings (SSSR count). The quantitative estimate of drug-likeness (QED) is 0.416. The first-order chi connectivity index (χ1) is 15.6. The van der Waals surface area contributed by atoms with Gasteiger partial charge in [-0.25, -0.2) is 9.97 Å². The number of hydrogen-bond acceptors (Lipinski definition) is 7. The normalized spacial score (nSPS) is 14.5. The highest BCUT2D eigenvalue weighted by molar-refractivity contribution is 7.99. The molecule has 0 bridgehead atoms. The second-order valence-corrected chi connectivity index (χ2v) is 9.14. The van der Waals surface area contributed by atoms with E-state index in [9.17, 15) is 13.6 Å². The van der Waals surface area contributed by atoms with E-state index in [1.807, 2.05) is 12.1 Å². The number of amides is 1. The van der Waals surface area contributed by atoms with Gasteiger partial charge in [-0.3, -0.25) is 4.79 Å². The number of para-hydroxylation sites is 2. The van der Waals surface area contributed by atoms with Gasteiger partial charge in [0, 0.05) is 18.8 Å². The number of thioether (sulfide) groups is 1. The maximum absolute atomic E-state index is 13.0. The van der Waals surface area contributed by atoms with Gasteiger partial charge < -0.3 is 19.5 Å². The van der Waals surface area contributed by atoms with Gasteiger partial charge in [0.25, 0.3) is 5.76 Å². The minimum atomic E-state index is -2.62. The molecule has 1 saturated heterocycles. The summed E-state index contributed by atoms with van der Waals surface area (Å²) in [4.78, 5) is 23.9. The van der Waals surface area contributed by atoms with Crippen molar-refractivity contribution in [2.45, 2.75) is 17.5 Å². The summed E-state index contributed by atoms with van der Waals surface area (Å²) in [6, 6.07) is 12.6. The van der Waals surface area contributed by atoms with Crippen LogP contribution in [0.5, 0.6) is 0 Å². The lowest BCUT2D eigenvalue weighted by Crippen LogP contribution is -2.36. The van der Waals surface area contributed by atoms with Gasteiger partial charge in [-0.05, 0) is 42.1 Å². The van der Waals surface area contributed by atoms with E-state index in [1.165, 1.54) is 4.57 Å². The van der Waals surface area contributed by atoms with Gasteiger partial charge >= 0.3 is 0 Å². The molecule has 0 aliphatic carbocycles. The van der Waals surface area contributed by atoms with E-state index in [-0.39, 0.29) is 17.6 Å². The molecule has 0 unspecified atom stereocenters. The summed E-state index contributed by atoms with van der Waals surface area (Å²) in [5, 5.41) is 3.92. The Morgan fingerprint density at radius 3 is 2.78 bits per heavy atom. The average Bonchev–Trinajstić information content (AvgIpc) is 3.35. The Balaban J connectivity index is 1.35. The molecular weight excluding hydrogens is 456 g/mol. The van der Waals surface area contributed by atoms with Gasteiger partial charge in [0.1, 0.15) is 6.54 Å². The molecule has 2 aromatic heterocycles. The molecule has 11 heteroatoms. The van der Waals surface area contributed by atoms with Gasteiger partial charge in [0.15, 0.2) is 10.3 Å². The van der Waals surface area contributed by atoms with Crippen LogP contribution in [0, 0.1) is 0 Å². The van der Waals surface area contributed by atoms with Gasteiger partial charge in [0.05, 0.1) is 34.5 Å². The topological polar surface area (TPSA) is 72.3 Å². The number of rotatable bonds is 6. The molecule has 3 heterocycles. The zero-order valence-electron chi connectivity index (χ0n) is 16.8. The maximum atomic E-state index is 13.0. The summed E-state index contributed by atoms with van der Waals surface area (Å²) in [6.07, 6.45) is 0. The van der Waals surface area contributed by atoms with Crippen molar-refractivity contribution >= 4 is 61.1 Å². The predicted molar refractivity (Wildman–Crippen MR) is 123 cm³/mol. The van der Waals surface area contributed by atoms with Crippen LogP contribution < -0.4 is 10.2 Å². The molecule has 7 nitrogen and oxygen atoms in total. The molecule has 1 aliphatic heterocycles. The van der Waals surface area contributed by atoms with Crippen LogP contribution >= 0.6 is 23.1 Å². The Labute approximate surface area is 190 Å². The lowest BCUT2D eigenvalue weighted by molar-refractivity contribution is -0.116. The molecule has 1 amide bonds. The second kappa shape index (κ2) is 9.00. The van der Waals surface area contributed by atoms with Crippen molar-refractivity contribution in [3.63, 3.8) is 0 Å². The second-order valence-electron chi connectivity index (χ2n) is 7.17. The molecular formula is C21H19F2N5O2S2. The molecule has 0 saturated carbocycles. The smallest absolute Gasteiger partial charge is 0.291 e.